The number of aliphatic hydroxyl groups excluding tert-OH is 2. The summed E-state index contributed by atoms with van der Waals surface area (Å²) in [6.45, 7) is 1.90. The fourth-order valence-electron chi connectivity index (χ4n) is 3.74. The molecule has 0 radical (unpaired) electrons. The predicted molar refractivity (Wildman–Crippen MR) is 115 cm³/mol. The lowest BCUT2D eigenvalue weighted by atomic mass is 9.92. The molecule has 29 heavy (non-hydrogen) atoms. The molecule has 2 N–H and O–H groups in total. The summed E-state index contributed by atoms with van der Waals surface area (Å²) in [4.78, 5) is 4.94. The largest absolute Gasteiger partial charge is 0.393 e. The Balaban J connectivity index is 1.87. The highest BCUT2D eigenvalue weighted by atomic mass is 19.1. The van der Waals surface area contributed by atoms with Crippen molar-refractivity contribution >= 4 is 17.0 Å². The lowest BCUT2D eigenvalue weighted by molar-refractivity contribution is 0.102. The van der Waals surface area contributed by atoms with Gasteiger partial charge in [0.1, 0.15) is 5.82 Å². The molecule has 2 unspecified atom stereocenters. The van der Waals surface area contributed by atoms with Gasteiger partial charge in [-0.3, -0.25) is 4.98 Å². The third-order valence-electron chi connectivity index (χ3n) is 5.53. The predicted octanol–water partition coefficient (Wildman–Crippen LogP) is 5.45. The van der Waals surface area contributed by atoms with Gasteiger partial charge in [-0.15, -0.1) is 0 Å². The summed E-state index contributed by atoms with van der Waals surface area (Å²) in [5.41, 5.74) is 4.87. The Morgan fingerprint density at radius 1 is 1.10 bits per heavy atom. The summed E-state index contributed by atoms with van der Waals surface area (Å²) in [6, 6.07) is 14.5. The smallest absolute Gasteiger partial charge is 0.123 e. The monoisotopic (exact) mass is 391 g/mol. The van der Waals surface area contributed by atoms with Crippen LogP contribution in [0, 0.1) is 5.82 Å². The Bertz CT molecular complexity index is 1020. The zero-order chi connectivity index (χ0) is 20.4. The standard InChI is InChI=1S/C25H26FNO2/c1-2-19(28)15-20(29)13-14-22-24(16-9-11-18(26)12-10-16)21-5-3-4-6-23(21)27-25(22)17-7-8-17/h3-6,9-14,17,19-20,28-29H,2,7-8,15H2,1H3. The van der Waals surface area contributed by atoms with Gasteiger partial charge in [-0.2, -0.15) is 0 Å². The van der Waals surface area contributed by atoms with Crippen LogP contribution in [0.1, 0.15) is 49.8 Å². The zero-order valence-corrected chi connectivity index (χ0v) is 16.6. The second-order valence-electron chi connectivity index (χ2n) is 7.81. The van der Waals surface area contributed by atoms with E-state index in [0.717, 1.165) is 46.1 Å². The van der Waals surface area contributed by atoms with Crippen molar-refractivity contribution in [1.82, 2.24) is 4.98 Å². The molecule has 1 aliphatic carbocycles. The van der Waals surface area contributed by atoms with Crippen molar-refractivity contribution < 1.29 is 14.6 Å². The van der Waals surface area contributed by atoms with E-state index in [0.29, 0.717) is 18.8 Å². The van der Waals surface area contributed by atoms with Crippen LogP contribution in [0.3, 0.4) is 0 Å². The van der Waals surface area contributed by atoms with Crippen molar-refractivity contribution in [3.05, 3.63) is 71.7 Å². The van der Waals surface area contributed by atoms with E-state index in [1.54, 1.807) is 18.2 Å². The van der Waals surface area contributed by atoms with Gasteiger partial charge in [-0.05, 0) is 43.0 Å². The fraction of sp³-hybridized carbons (Fsp3) is 0.320. The van der Waals surface area contributed by atoms with E-state index in [-0.39, 0.29) is 5.82 Å². The third kappa shape index (κ3) is 4.39. The quantitative estimate of drug-likeness (QED) is 0.563. The third-order valence-corrected chi connectivity index (χ3v) is 5.53. The van der Waals surface area contributed by atoms with Crippen molar-refractivity contribution in [2.45, 2.75) is 50.7 Å². The molecule has 1 saturated carbocycles. The van der Waals surface area contributed by atoms with E-state index >= 15 is 0 Å². The van der Waals surface area contributed by atoms with E-state index in [2.05, 4.69) is 0 Å². The van der Waals surface area contributed by atoms with Gasteiger partial charge >= 0.3 is 0 Å². The molecule has 4 rings (SSSR count). The Morgan fingerprint density at radius 2 is 1.83 bits per heavy atom. The average Bonchev–Trinajstić information content (AvgIpc) is 3.57. The topological polar surface area (TPSA) is 53.4 Å². The number of para-hydroxylation sites is 1. The minimum atomic E-state index is -0.732. The molecule has 2 aromatic carbocycles. The van der Waals surface area contributed by atoms with Crippen LogP contribution < -0.4 is 0 Å². The first-order valence-electron chi connectivity index (χ1n) is 10.3. The first-order chi connectivity index (χ1) is 14.1. The van der Waals surface area contributed by atoms with Gasteiger partial charge in [0.25, 0.3) is 0 Å². The lowest BCUT2D eigenvalue weighted by Gasteiger charge is -2.16. The zero-order valence-electron chi connectivity index (χ0n) is 16.6. The van der Waals surface area contributed by atoms with E-state index in [4.69, 9.17) is 4.98 Å². The summed E-state index contributed by atoms with van der Waals surface area (Å²) in [7, 11) is 0. The van der Waals surface area contributed by atoms with Gasteiger partial charge in [0.2, 0.25) is 0 Å². The second-order valence-corrected chi connectivity index (χ2v) is 7.81. The van der Waals surface area contributed by atoms with Gasteiger partial charge in [-0.1, -0.05) is 49.4 Å². The summed E-state index contributed by atoms with van der Waals surface area (Å²) in [5, 5.41) is 21.2. The molecule has 0 bridgehead atoms. The average molecular weight is 391 g/mol. The molecule has 0 amide bonds. The normalized spacial score (nSPS) is 16.4. The van der Waals surface area contributed by atoms with Crippen LogP contribution >= 0.6 is 0 Å². The van der Waals surface area contributed by atoms with Crippen LogP contribution in [0.2, 0.25) is 0 Å². The first kappa shape index (κ1) is 19.7. The number of fused-ring (bicyclic) bond motifs is 1. The maximum absolute atomic E-state index is 13.6. The maximum atomic E-state index is 13.6. The van der Waals surface area contributed by atoms with Crippen molar-refractivity contribution in [3.8, 4) is 11.1 Å². The summed E-state index contributed by atoms with van der Waals surface area (Å²) in [6.07, 6.45) is 5.53. The Hall–Kier alpha value is -2.56. The summed E-state index contributed by atoms with van der Waals surface area (Å²) in [5.74, 6) is 0.146. The van der Waals surface area contributed by atoms with Gasteiger partial charge in [0, 0.05) is 28.9 Å². The number of halogens is 1. The van der Waals surface area contributed by atoms with Crippen LogP contribution in [0.25, 0.3) is 28.1 Å². The number of rotatable bonds is 7. The molecular weight excluding hydrogens is 365 g/mol. The van der Waals surface area contributed by atoms with E-state index in [1.165, 1.54) is 12.1 Å². The Morgan fingerprint density at radius 3 is 2.52 bits per heavy atom. The number of pyridine rings is 1. The van der Waals surface area contributed by atoms with Gasteiger partial charge in [0.15, 0.2) is 0 Å². The van der Waals surface area contributed by atoms with Crippen LogP contribution in [0.4, 0.5) is 4.39 Å². The molecule has 2 atom stereocenters. The first-order valence-corrected chi connectivity index (χ1v) is 10.3. The minimum Gasteiger partial charge on any atom is -0.393 e. The molecule has 1 aliphatic rings. The Kier molecular flexibility index (Phi) is 5.74. The van der Waals surface area contributed by atoms with E-state index in [1.807, 2.05) is 37.3 Å². The minimum absolute atomic E-state index is 0.268. The van der Waals surface area contributed by atoms with Gasteiger partial charge in [0.05, 0.1) is 23.4 Å². The van der Waals surface area contributed by atoms with Crippen LogP contribution in [-0.4, -0.2) is 27.4 Å². The lowest BCUT2D eigenvalue weighted by Crippen LogP contribution is -2.14. The highest BCUT2D eigenvalue weighted by Crippen LogP contribution is 2.45. The number of nitrogens with zero attached hydrogens (tertiary/aromatic N) is 1. The SMILES string of the molecule is CCC(O)CC(O)C=Cc1c(C2CC2)nc2ccccc2c1-c1ccc(F)cc1. The van der Waals surface area contributed by atoms with Crippen molar-refractivity contribution in [1.29, 1.82) is 0 Å². The molecule has 3 aromatic rings. The number of hydrogen-bond acceptors (Lipinski definition) is 3. The number of aliphatic hydroxyl groups is 2. The molecule has 0 spiro atoms. The van der Waals surface area contributed by atoms with Crippen LogP contribution in [0.5, 0.6) is 0 Å². The van der Waals surface area contributed by atoms with Crippen molar-refractivity contribution in [2.75, 3.05) is 0 Å². The molecule has 0 saturated heterocycles. The van der Waals surface area contributed by atoms with Crippen molar-refractivity contribution in [2.24, 2.45) is 0 Å². The Labute approximate surface area is 170 Å². The van der Waals surface area contributed by atoms with E-state index in [9.17, 15) is 14.6 Å². The van der Waals surface area contributed by atoms with Crippen LogP contribution in [-0.2, 0) is 0 Å². The molecule has 0 aliphatic heterocycles. The maximum Gasteiger partial charge on any atom is 0.123 e. The van der Waals surface area contributed by atoms with E-state index < -0.39 is 12.2 Å². The highest BCUT2D eigenvalue weighted by molar-refractivity contribution is 5.99. The van der Waals surface area contributed by atoms with Crippen molar-refractivity contribution in [3.63, 3.8) is 0 Å². The molecule has 4 heteroatoms. The second kappa shape index (κ2) is 8.44. The molecule has 3 nitrogen and oxygen atoms in total. The van der Waals surface area contributed by atoms with Crippen LogP contribution in [0.15, 0.2) is 54.6 Å². The van der Waals surface area contributed by atoms with Gasteiger partial charge < -0.3 is 10.2 Å². The summed E-state index contributed by atoms with van der Waals surface area (Å²) >= 11 is 0. The molecule has 1 fully saturated rings. The highest BCUT2D eigenvalue weighted by Gasteiger charge is 2.29. The number of benzene rings is 2. The van der Waals surface area contributed by atoms with Gasteiger partial charge in [-0.25, -0.2) is 4.39 Å². The number of hydrogen-bond donors (Lipinski definition) is 2. The molecular formula is C25H26FNO2. The molecule has 150 valence electrons. The molecule has 1 heterocycles. The fourth-order valence-corrected chi connectivity index (χ4v) is 3.74. The number of aromatic nitrogens is 1. The summed E-state index contributed by atoms with van der Waals surface area (Å²) < 4.78 is 13.6. The molecule has 1 aromatic heterocycles.